The van der Waals surface area contributed by atoms with E-state index in [1.54, 1.807) is 0 Å². The molecule has 110 valence electrons. The maximum atomic E-state index is 11.6. The number of piperazine rings is 1. The van der Waals surface area contributed by atoms with Gasteiger partial charge in [0.15, 0.2) is 0 Å². The molecule has 2 aliphatic rings. The van der Waals surface area contributed by atoms with Crippen LogP contribution in [-0.4, -0.2) is 83.7 Å². The summed E-state index contributed by atoms with van der Waals surface area (Å²) in [6.07, 6.45) is 2.20. The molecule has 2 heterocycles. The van der Waals surface area contributed by atoms with Gasteiger partial charge in [-0.3, -0.25) is 14.6 Å². The van der Waals surface area contributed by atoms with Crippen LogP contribution in [0.5, 0.6) is 0 Å². The Balaban J connectivity index is 2.01. The van der Waals surface area contributed by atoms with Crippen LogP contribution in [0.4, 0.5) is 0 Å². The fourth-order valence-corrected chi connectivity index (χ4v) is 3.27. The molecule has 0 amide bonds. The number of likely N-dealkylation sites (tertiary alicyclic amines) is 1. The van der Waals surface area contributed by atoms with Crippen molar-refractivity contribution in [3.8, 4) is 0 Å². The molecule has 1 unspecified atom stereocenters. The van der Waals surface area contributed by atoms with Gasteiger partial charge in [-0.15, -0.1) is 0 Å². The standard InChI is InChI=1S/C14H27N3O2/c1-11(2)16-8-9-17(13(10-16)14(18)19)12-4-6-15(3)7-5-12/h11-13H,4-10H2,1-3H3,(H,18,19). The lowest BCUT2D eigenvalue weighted by atomic mass is 9.99. The minimum Gasteiger partial charge on any atom is -0.480 e. The number of hydrogen-bond donors (Lipinski definition) is 1. The number of carboxylic acids is 1. The van der Waals surface area contributed by atoms with Gasteiger partial charge in [0.1, 0.15) is 6.04 Å². The predicted molar refractivity (Wildman–Crippen MR) is 75.4 cm³/mol. The Morgan fingerprint density at radius 2 is 1.79 bits per heavy atom. The van der Waals surface area contributed by atoms with Gasteiger partial charge >= 0.3 is 5.97 Å². The summed E-state index contributed by atoms with van der Waals surface area (Å²) in [6.45, 7) is 9.01. The van der Waals surface area contributed by atoms with E-state index in [0.717, 1.165) is 39.0 Å². The Morgan fingerprint density at radius 3 is 2.32 bits per heavy atom. The summed E-state index contributed by atoms with van der Waals surface area (Å²) >= 11 is 0. The zero-order chi connectivity index (χ0) is 14.0. The summed E-state index contributed by atoms with van der Waals surface area (Å²) in [5.41, 5.74) is 0. The number of carbonyl (C=O) groups is 1. The minimum atomic E-state index is -0.663. The lowest BCUT2D eigenvalue weighted by Gasteiger charge is -2.46. The third-order valence-electron chi connectivity index (χ3n) is 4.63. The number of aliphatic carboxylic acids is 1. The van der Waals surface area contributed by atoms with E-state index in [1.807, 2.05) is 0 Å². The molecule has 5 nitrogen and oxygen atoms in total. The highest BCUT2D eigenvalue weighted by atomic mass is 16.4. The largest absolute Gasteiger partial charge is 0.480 e. The van der Waals surface area contributed by atoms with Gasteiger partial charge in [0.2, 0.25) is 0 Å². The first-order chi connectivity index (χ1) is 8.99. The molecule has 0 spiro atoms. The first-order valence-corrected chi connectivity index (χ1v) is 7.40. The summed E-state index contributed by atoms with van der Waals surface area (Å²) in [7, 11) is 2.14. The van der Waals surface area contributed by atoms with E-state index in [1.165, 1.54) is 0 Å². The van der Waals surface area contributed by atoms with Gasteiger partial charge < -0.3 is 10.0 Å². The molecule has 0 bridgehead atoms. The van der Waals surface area contributed by atoms with Crippen LogP contribution in [0.1, 0.15) is 26.7 Å². The molecule has 5 heteroatoms. The highest BCUT2D eigenvalue weighted by molar-refractivity contribution is 5.74. The Bertz CT molecular complexity index is 314. The van der Waals surface area contributed by atoms with E-state index in [2.05, 4.69) is 35.6 Å². The molecular weight excluding hydrogens is 242 g/mol. The van der Waals surface area contributed by atoms with Crippen molar-refractivity contribution in [2.75, 3.05) is 39.8 Å². The lowest BCUT2D eigenvalue weighted by molar-refractivity contribution is -0.148. The van der Waals surface area contributed by atoms with E-state index >= 15 is 0 Å². The summed E-state index contributed by atoms with van der Waals surface area (Å²) in [4.78, 5) is 18.4. The summed E-state index contributed by atoms with van der Waals surface area (Å²) in [6, 6.07) is 0.553. The fraction of sp³-hybridized carbons (Fsp3) is 0.929. The van der Waals surface area contributed by atoms with Crippen molar-refractivity contribution in [3.05, 3.63) is 0 Å². The van der Waals surface area contributed by atoms with Gasteiger partial charge in [0.05, 0.1) is 0 Å². The maximum absolute atomic E-state index is 11.6. The van der Waals surface area contributed by atoms with E-state index in [4.69, 9.17) is 0 Å². The third-order valence-corrected chi connectivity index (χ3v) is 4.63. The van der Waals surface area contributed by atoms with E-state index < -0.39 is 5.97 Å². The monoisotopic (exact) mass is 269 g/mol. The molecule has 2 aliphatic heterocycles. The quantitative estimate of drug-likeness (QED) is 0.811. The molecular formula is C14H27N3O2. The van der Waals surface area contributed by atoms with Crippen LogP contribution in [0.25, 0.3) is 0 Å². The minimum absolute atomic E-state index is 0.329. The summed E-state index contributed by atoms with van der Waals surface area (Å²) in [5.74, 6) is -0.663. The Kier molecular flexibility index (Phi) is 4.81. The Morgan fingerprint density at radius 1 is 1.16 bits per heavy atom. The zero-order valence-corrected chi connectivity index (χ0v) is 12.4. The van der Waals surface area contributed by atoms with Crippen molar-refractivity contribution < 1.29 is 9.90 Å². The summed E-state index contributed by atoms with van der Waals surface area (Å²) < 4.78 is 0. The molecule has 0 aromatic rings. The van der Waals surface area contributed by atoms with Crippen molar-refractivity contribution in [2.24, 2.45) is 0 Å². The van der Waals surface area contributed by atoms with Gasteiger partial charge in [-0.05, 0) is 46.8 Å². The molecule has 2 rings (SSSR count). The molecule has 0 aromatic heterocycles. The lowest BCUT2D eigenvalue weighted by Crippen LogP contribution is -2.61. The van der Waals surface area contributed by atoms with Crippen LogP contribution in [0.2, 0.25) is 0 Å². The molecule has 2 saturated heterocycles. The van der Waals surface area contributed by atoms with Crippen molar-refractivity contribution in [3.63, 3.8) is 0 Å². The second kappa shape index (κ2) is 6.20. The molecule has 0 aliphatic carbocycles. The number of rotatable bonds is 3. The van der Waals surface area contributed by atoms with E-state index in [0.29, 0.717) is 18.6 Å². The second-order valence-corrected chi connectivity index (χ2v) is 6.21. The number of nitrogens with zero attached hydrogens (tertiary/aromatic N) is 3. The molecule has 0 radical (unpaired) electrons. The highest BCUT2D eigenvalue weighted by Gasteiger charge is 2.37. The third kappa shape index (κ3) is 3.46. The topological polar surface area (TPSA) is 47.0 Å². The zero-order valence-electron chi connectivity index (χ0n) is 12.4. The first-order valence-electron chi connectivity index (χ1n) is 7.40. The van der Waals surface area contributed by atoms with Crippen molar-refractivity contribution in [1.82, 2.24) is 14.7 Å². The highest BCUT2D eigenvalue weighted by Crippen LogP contribution is 2.22. The van der Waals surface area contributed by atoms with Crippen LogP contribution in [0.3, 0.4) is 0 Å². The molecule has 0 aromatic carbocycles. The van der Waals surface area contributed by atoms with Crippen LogP contribution in [-0.2, 0) is 4.79 Å². The number of carboxylic acid groups (broad SMARTS) is 1. The first kappa shape index (κ1) is 14.8. The predicted octanol–water partition coefficient (Wildman–Crippen LogP) is 0.560. The van der Waals surface area contributed by atoms with Gasteiger partial charge in [0, 0.05) is 31.7 Å². The second-order valence-electron chi connectivity index (χ2n) is 6.21. The Hall–Kier alpha value is -0.650. The van der Waals surface area contributed by atoms with Crippen LogP contribution >= 0.6 is 0 Å². The number of piperidine rings is 1. The SMILES string of the molecule is CC(C)N1CCN(C2CCN(C)CC2)C(C(=O)O)C1. The van der Waals surface area contributed by atoms with Gasteiger partial charge in [-0.2, -0.15) is 0 Å². The smallest absolute Gasteiger partial charge is 0.322 e. The van der Waals surface area contributed by atoms with Gasteiger partial charge in [-0.1, -0.05) is 0 Å². The van der Waals surface area contributed by atoms with Gasteiger partial charge in [0.25, 0.3) is 0 Å². The molecule has 0 saturated carbocycles. The van der Waals surface area contributed by atoms with Gasteiger partial charge in [-0.25, -0.2) is 0 Å². The van der Waals surface area contributed by atoms with Crippen molar-refractivity contribution >= 4 is 5.97 Å². The van der Waals surface area contributed by atoms with Crippen molar-refractivity contribution in [1.29, 1.82) is 0 Å². The van der Waals surface area contributed by atoms with Crippen LogP contribution in [0, 0.1) is 0 Å². The normalized spacial score (nSPS) is 28.9. The molecule has 2 fully saturated rings. The molecule has 1 N–H and O–H groups in total. The summed E-state index contributed by atoms with van der Waals surface area (Å²) in [5, 5.41) is 9.51. The average molecular weight is 269 g/mol. The average Bonchev–Trinajstić information content (AvgIpc) is 2.38. The molecule has 1 atom stereocenters. The van der Waals surface area contributed by atoms with Crippen LogP contribution in [0.15, 0.2) is 0 Å². The number of hydrogen-bond acceptors (Lipinski definition) is 4. The Labute approximate surface area is 116 Å². The fourth-order valence-electron chi connectivity index (χ4n) is 3.27. The van der Waals surface area contributed by atoms with Crippen molar-refractivity contribution in [2.45, 2.75) is 44.8 Å². The van der Waals surface area contributed by atoms with E-state index in [9.17, 15) is 9.90 Å². The van der Waals surface area contributed by atoms with E-state index in [-0.39, 0.29) is 6.04 Å². The van der Waals surface area contributed by atoms with Crippen LogP contribution < -0.4 is 0 Å². The molecule has 19 heavy (non-hydrogen) atoms. The maximum Gasteiger partial charge on any atom is 0.322 e.